The molecule has 0 amide bonds. The minimum atomic E-state index is -3.76. The Morgan fingerprint density at radius 1 is 1.45 bits per heavy atom. The zero-order chi connectivity index (χ0) is 15.0. The van der Waals surface area contributed by atoms with Crippen LogP contribution in [0.2, 0.25) is 0 Å². The zero-order valence-electron chi connectivity index (χ0n) is 11.6. The third kappa shape index (κ3) is 2.88. The van der Waals surface area contributed by atoms with Crippen LogP contribution in [0.15, 0.2) is 17.0 Å². The Bertz CT molecular complexity index is 589. The van der Waals surface area contributed by atoms with Crippen molar-refractivity contribution in [2.75, 3.05) is 19.4 Å². The molecule has 3 N–H and O–H groups in total. The van der Waals surface area contributed by atoms with Crippen LogP contribution in [0.3, 0.4) is 0 Å². The fourth-order valence-electron chi connectivity index (χ4n) is 2.12. The highest BCUT2D eigenvalue weighted by Crippen LogP contribution is 2.48. The molecule has 0 heterocycles. The van der Waals surface area contributed by atoms with Crippen molar-refractivity contribution in [2.45, 2.75) is 31.1 Å². The van der Waals surface area contributed by atoms with E-state index in [2.05, 4.69) is 4.72 Å². The summed E-state index contributed by atoms with van der Waals surface area (Å²) in [6.07, 6.45) is 2.96. The summed E-state index contributed by atoms with van der Waals surface area (Å²) >= 11 is 0. The molecule has 2 rings (SSSR count). The number of sulfonamides is 1. The second kappa shape index (κ2) is 5.21. The zero-order valence-corrected chi connectivity index (χ0v) is 12.4. The Labute approximate surface area is 118 Å². The van der Waals surface area contributed by atoms with Crippen LogP contribution >= 0.6 is 0 Å². The number of halogens is 1. The number of nitrogen functional groups attached to an aromatic ring is 1. The number of hydrogen-bond acceptors (Lipinski definition) is 4. The molecule has 5 nitrogen and oxygen atoms in total. The normalized spacial score (nSPS) is 16.9. The molecule has 20 heavy (non-hydrogen) atoms. The van der Waals surface area contributed by atoms with Gasteiger partial charge in [0.15, 0.2) is 11.6 Å². The highest BCUT2D eigenvalue weighted by Gasteiger charge is 2.41. The van der Waals surface area contributed by atoms with E-state index in [0.29, 0.717) is 6.54 Å². The molecule has 0 atom stereocenters. The van der Waals surface area contributed by atoms with E-state index in [4.69, 9.17) is 10.5 Å². The van der Waals surface area contributed by atoms with Crippen LogP contribution in [-0.4, -0.2) is 22.1 Å². The van der Waals surface area contributed by atoms with E-state index in [1.54, 1.807) is 0 Å². The standard InChI is InChI=1S/C13H19FN2O3S/c1-3-13(4-5-13)8-16-20(17,18)9-6-10(14)12(19-2)11(15)7-9/h6-7,16H,3-5,8,15H2,1-2H3. The summed E-state index contributed by atoms with van der Waals surface area (Å²) in [5.74, 6) is -0.930. The Morgan fingerprint density at radius 2 is 2.10 bits per heavy atom. The first-order valence-corrected chi connectivity index (χ1v) is 7.94. The third-order valence-corrected chi connectivity index (χ3v) is 5.29. The van der Waals surface area contributed by atoms with Gasteiger partial charge in [-0.2, -0.15) is 0 Å². The summed E-state index contributed by atoms with van der Waals surface area (Å²) in [6, 6.07) is 2.12. The van der Waals surface area contributed by atoms with E-state index in [-0.39, 0.29) is 21.7 Å². The number of nitrogens with one attached hydrogen (secondary N) is 1. The first-order chi connectivity index (χ1) is 9.33. The topological polar surface area (TPSA) is 81.4 Å². The van der Waals surface area contributed by atoms with Crippen molar-refractivity contribution in [3.63, 3.8) is 0 Å². The molecule has 1 saturated carbocycles. The predicted molar refractivity (Wildman–Crippen MR) is 74.5 cm³/mol. The lowest BCUT2D eigenvalue weighted by molar-refractivity contribution is 0.388. The van der Waals surface area contributed by atoms with Gasteiger partial charge in [0.2, 0.25) is 10.0 Å². The number of benzene rings is 1. The minimum absolute atomic E-state index is 0.0375. The Hall–Kier alpha value is -1.34. The molecule has 1 aliphatic carbocycles. The van der Waals surface area contributed by atoms with E-state index in [1.807, 2.05) is 6.92 Å². The van der Waals surface area contributed by atoms with Crippen molar-refractivity contribution >= 4 is 15.7 Å². The van der Waals surface area contributed by atoms with Gasteiger partial charge < -0.3 is 10.5 Å². The Morgan fingerprint density at radius 3 is 2.55 bits per heavy atom. The van der Waals surface area contributed by atoms with Gasteiger partial charge in [0, 0.05) is 6.54 Å². The predicted octanol–water partition coefficient (Wildman–Crippen LogP) is 1.89. The summed E-state index contributed by atoms with van der Waals surface area (Å²) in [5, 5.41) is 0. The first-order valence-electron chi connectivity index (χ1n) is 6.46. The van der Waals surface area contributed by atoms with Crippen molar-refractivity contribution in [1.82, 2.24) is 4.72 Å². The molecule has 0 radical (unpaired) electrons. The van der Waals surface area contributed by atoms with Crippen LogP contribution in [0.5, 0.6) is 5.75 Å². The molecule has 1 aromatic carbocycles. The summed E-state index contributed by atoms with van der Waals surface area (Å²) in [6.45, 7) is 2.41. The van der Waals surface area contributed by atoms with Crippen LogP contribution in [0.25, 0.3) is 0 Å². The van der Waals surface area contributed by atoms with Gasteiger partial charge in [-0.05, 0) is 36.8 Å². The molecule has 0 aromatic heterocycles. The van der Waals surface area contributed by atoms with Gasteiger partial charge in [-0.3, -0.25) is 0 Å². The van der Waals surface area contributed by atoms with Gasteiger partial charge in [-0.1, -0.05) is 6.92 Å². The van der Waals surface area contributed by atoms with Crippen molar-refractivity contribution in [1.29, 1.82) is 0 Å². The molecule has 0 bridgehead atoms. The Kier molecular flexibility index (Phi) is 3.93. The van der Waals surface area contributed by atoms with E-state index in [1.165, 1.54) is 13.2 Å². The van der Waals surface area contributed by atoms with E-state index < -0.39 is 15.8 Å². The van der Waals surface area contributed by atoms with Crippen molar-refractivity contribution in [3.8, 4) is 5.75 Å². The lowest BCUT2D eigenvalue weighted by Crippen LogP contribution is -2.30. The van der Waals surface area contributed by atoms with Crippen molar-refractivity contribution in [2.24, 2.45) is 5.41 Å². The molecule has 1 aliphatic rings. The average molecular weight is 302 g/mol. The lowest BCUT2D eigenvalue weighted by Gasteiger charge is -2.14. The maximum atomic E-state index is 13.7. The van der Waals surface area contributed by atoms with Gasteiger partial charge in [0.1, 0.15) is 0 Å². The smallest absolute Gasteiger partial charge is 0.240 e. The maximum absolute atomic E-state index is 13.7. The van der Waals surface area contributed by atoms with Gasteiger partial charge >= 0.3 is 0 Å². The molecule has 112 valence electrons. The average Bonchev–Trinajstić information content (AvgIpc) is 3.17. The Balaban J connectivity index is 2.21. The molecular weight excluding hydrogens is 283 g/mol. The van der Waals surface area contributed by atoms with Crippen LogP contribution < -0.4 is 15.2 Å². The molecule has 1 fully saturated rings. The van der Waals surface area contributed by atoms with E-state index in [9.17, 15) is 12.8 Å². The van der Waals surface area contributed by atoms with Crippen LogP contribution in [-0.2, 0) is 10.0 Å². The van der Waals surface area contributed by atoms with Crippen molar-refractivity contribution < 1.29 is 17.5 Å². The highest BCUT2D eigenvalue weighted by atomic mass is 32.2. The summed E-state index contributed by atoms with van der Waals surface area (Å²) in [4.78, 5) is -0.180. The van der Waals surface area contributed by atoms with Crippen LogP contribution in [0.4, 0.5) is 10.1 Å². The number of ether oxygens (including phenoxy) is 1. The fraction of sp³-hybridized carbons (Fsp3) is 0.538. The van der Waals surface area contributed by atoms with Gasteiger partial charge in [-0.15, -0.1) is 0 Å². The summed E-state index contributed by atoms with van der Waals surface area (Å²) in [7, 11) is -2.48. The summed E-state index contributed by atoms with van der Waals surface area (Å²) < 4.78 is 45.3. The van der Waals surface area contributed by atoms with Gasteiger partial charge in [0.25, 0.3) is 0 Å². The van der Waals surface area contributed by atoms with Gasteiger partial charge in [0.05, 0.1) is 17.7 Å². The molecule has 0 saturated heterocycles. The summed E-state index contributed by atoms with van der Waals surface area (Å²) in [5.41, 5.74) is 5.63. The van der Waals surface area contributed by atoms with Crippen LogP contribution in [0, 0.1) is 11.2 Å². The number of rotatable bonds is 6. The molecule has 7 heteroatoms. The molecule has 0 spiro atoms. The number of anilines is 1. The highest BCUT2D eigenvalue weighted by molar-refractivity contribution is 7.89. The monoisotopic (exact) mass is 302 g/mol. The molecule has 0 unspecified atom stereocenters. The minimum Gasteiger partial charge on any atom is -0.492 e. The third-order valence-electron chi connectivity index (χ3n) is 3.90. The van der Waals surface area contributed by atoms with Gasteiger partial charge in [-0.25, -0.2) is 17.5 Å². The second-order valence-electron chi connectivity index (χ2n) is 5.21. The fourth-order valence-corrected chi connectivity index (χ4v) is 3.33. The molecule has 1 aromatic rings. The molecule has 0 aliphatic heterocycles. The first kappa shape index (κ1) is 15.1. The number of methoxy groups -OCH3 is 1. The SMILES string of the molecule is CCC1(CNS(=O)(=O)c2cc(N)c(OC)c(F)c2)CC1. The quantitative estimate of drug-likeness (QED) is 0.786. The van der Waals surface area contributed by atoms with E-state index in [0.717, 1.165) is 25.3 Å². The molecular formula is C13H19FN2O3S. The largest absolute Gasteiger partial charge is 0.492 e. The van der Waals surface area contributed by atoms with Crippen molar-refractivity contribution in [3.05, 3.63) is 17.9 Å². The lowest BCUT2D eigenvalue weighted by atomic mass is 10.1. The van der Waals surface area contributed by atoms with E-state index >= 15 is 0 Å². The number of hydrogen-bond donors (Lipinski definition) is 2. The second-order valence-corrected chi connectivity index (χ2v) is 6.97. The van der Waals surface area contributed by atoms with Crippen LogP contribution in [0.1, 0.15) is 26.2 Å². The number of nitrogens with two attached hydrogens (primary N) is 1. The maximum Gasteiger partial charge on any atom is 0.240 e.